The third-order valence-electron chi connectivity index (χ3n) is 3.90. The molecular formula is C18H23NO. The van der Waals surface area contributed by atoms with Crippen LogP contribution in [0.3, 0.4) is 0 Å². The van der Waals surface area contributed by atoms with Gasteiger partial charge in [0, 0.05) is 12.7 Å². The number of nitrogens with one attached hydrogen (secondary N) is 1. The summed E-state index contributed by atoms with van der Waals surface area (Å²) in [6, 6.07) is 16.3. The predicted molar refractivity (Wildman–Crippen MR) is 85.8 cm³/mol. The van der Waals surface area contributed by atoms with Crippen LogP contribution in [0.4, 0.5) is 5.69 Å². The molecule has 20 heavy (non-hydrogen) atoms. The molecule has 0 heterocycles. The summed E-state index contributed by atoms with van der Waals surface area (Å²) in [7, 11) is 1.91. The Kier molecular flexibility index (Phi) is 4.33. The molecule has 0 amide bonds. The lowest BCUT2D eigenvalue weighted by Crippen LogP contribution is -2.14. The first-order chi connectivity index (χ1) is 9.55. The van der Waals surface area contributed by atoms with E-state index in [1.807, 2.05) is 43.4 Å². The third-order valence-corrected chi connectivity index (χ3v) is 3.90. The molecule has 0 atom stereocenters. The second kappa shape index (κ2) is 6.00. The molecule has 2 heteroatoms. The zero-order chi connectivity index (χ0) is 14.6. The molecule has 0 bridgehead atoms. The summed E-state index contributed by atoms with van der Waals surface area (Å²) < 4.78 is 5.85. The maximum atomic E-state index is 5.85. The Morgan fingerprint density at radius 1 is 0.900 bits per heavy atom. The van der Waals surface area contributed by atoms with Crippen LogP contribution in [0.5, 0.6) is 11.5 Å². The lowest BCUT2D eigenvalue weighted by atomic mass is 9.82. The Bertz CT molecular complexity index is 541. The minimum Gasteiger partial charge on any atom is -0.457 e. The summed E-state index contributed by atoms with van der Waals surface area (Å²) in [5.41, 5.74) is 2.64. The van der Waals surface area contributed by atoms with Gasteiger partial charge in [-0.1, -0.05) is 32.9 Å². The van der Waals surface area contributed by atoms with Crippen molar-refractivity contribution < 1.29 is 4.74 Å². The molecule has 0 aromatic heterocycles. The molecule has 2 aromatic rings. The van der Waals surface area contributed by atoms with E-state index >= 15 is 0 Å². The molecule has 0 fully saturated rings. The van der Waals surface area contributed by atoms with Gasteiger partial charge in [-0.15, -0.1) is 0 Å². The van der Waals surface area contributed by atoms with Crippen molar-refractivity contribution in [3.8, 4) is 11.5 Å². The van der Waals surface area contributed by atoms with Gasteiger partial charge in [-0.2, -0.15) is 0 Å². The molecule has 2 nitrogen and oxygen atoms in total. The normalized spacial score (nSPS) is 11.2. The SMILES string of the molecule is CCC(C)(C)c1ccc(Oc2ccc(NC)cc2)cc1. The molecular weight excluding hydrogens is 246 g/mol. The Balaban J connectivity index is 2.10. The number of hydrogen-bond acceptors (Lipinski definition) is 2. The van der Waals surface area contributed by atoms with E-state index in [-0.39, 0.29) is 5.41 Å². The molecule has 1 N–H and O–H groups in total. The van der Waals surface area contributed by atoms with Crippen LogP contribution in [0.25, 0.3) is 0 Å². The van der Waals surface area contributed by atoms with Crippen LogP contribution in [-0.4, -0.2) is 7.05 Å². The lowest BCUT2D eigenvalue weighted by Gasteiger charge is -2.23. The quantitative estimate of drug-likeness (QED) is 0.804. The van der Waals surface area contributed by atoms with Crippen LogP contribution >= 0.6 is 0 Å². The highest BCUT2D eigenvalue weighted by Crippen LogP contribution is 2.29. The van der Waals surface area contributed by atoms with Crippen LogP contribution in [0.15, 0.2) is 48.5 Å². The van der Waals surface area contributed by atoms with Crippen molar-refractivity contribution in [3.05, 3.63) is 54.1 Å². The summed E-state index contributed by atoms with van der Waals surface area (Å²) in [4.78, 5) is 0. The van der Waals surface area contributed by atoms with Crippen molar-refractivity contribution in [3.63, 3.8) is 0 Å². The second-order valence-electron chi connectivity index (χ2n) is 5.64. The number of ether oxygens (including phenoxy) is 1. The topological polar surface area (TPSA) is 21.3 Å². The molecule has 0 spiro atoms. The first-order valence-corrected chi connectivity index (χ1v) is 7.11. The molecule has 106 valence electrons. The Labute approximate surface area is 121 Å². The fraction of sp³-hybridized carbons (Fsp3) is 0.333. The van der Waals surface area contributed by atoms with Gasteiger partial charge in [-0.3, -0.25) is 0 Å². The van der Waals surface area contributed by atoms with Crippen LogP contribution in [0.2, 0.25) is 0 Å². The highest BCUT2D eigenvalue weighted by atomic mass is 16.5. The van der Waals surface area contributed by atoms with E-state index in [1.165, 1.54) is 5.56 Å². The largest absolute Gasteiger partial charge is 0.457 e. The van der Waals surface area contributed by atoms with Gasteiger partial charge in [0.15, 0.2) is 0 Å². The maximum Gasteiger partial charge on any atom is 0.127 e. The van der Waals surface area contributed by atoms with Gasteiger partial charge in [0.05, 0.1) is 0 Å². The van der Waals surface area contributed by atoms with Gasteiger partial charge in [0.1, 0.15) is 11.5 Å². The van der Waals surface area contributed by atoms with E-state index in [0.717, 1.165) is 23.6 Å². The molecule has 0 saturated carbocycles. The molecule has 2 rings (SSSR count). The number of rotatable bonds is 5. The van der Waals surface area contributed by atoms with E-state index in [1.54, 1.807) is 0 Å². The Morgan fingerprint density at radius 2 is 1.40 bits per heavy atom. The smallest absolute Gasteiger partial charge is 0.127 e. The standard InChI is InChI=1S/C18H23NO/c1-5-18(2,3)14-6-10-16(11-7-14)20-17-12-8-15(19-4)9-13-17/h6-13,19H,5H2,1-4H3. The first kappa shape index (κ1) is 14.4. The van der Waals surface area contributed by atoms with Crippen LogP contribution in [0.1, 0.15) is 32.8 Å². The van der Waals surface area contributed by atoms with Crippen molar-refractivity contribution in [2.75, 3.05) is 12.4 Å². The molecule has 0 aliphatic rings. The average molecular weight is 269 g/mol. The van der Waals surface area contributed by atoms with Crippen molar-refractivity contribution in [2.45, 2.75) is 32.6 Å². The minimum atomic E-state index is 0.215. The van der Waals surface area contributed by atoms with Crippen LogP contribution in [-0.2, 0) is 5.41 Å². The molecule has 0 aliphatic carbocycles. The van der Waals surface area contributed by atoms with Crippen LogP contribution in [0, 0.1) is 0 Å². The van der Waals surface area contributed by atoms with E-state index in [2.05, 4.69) is 38.2 Å². The zero-order valence-electron chi connectivity index (χ0n) is 12.7. The summed E-state index contributed by atoms with van der Waals surface area (Å²) in [6.07, 6.45) is 1.12. The number of hydrogen-bond donors (Lipinski definition) is 1. The maximum absolute atomic E-state index is 5.85. The Hall–Kier alpha value is -1.96. The molecule has 0 saturated heterocycles. The van der Waals surface area contributed by atoms with Crippen molar-refractivity contribution >= 4 is 5.69 Å². The second-order valence-corrected chi connectivity index (χ2v) is 5.64. The fourth-order valence-electron chi connectivity index (χ4n) is 2.00. The van der Waals surface area contributed by atoms with Gasteiger partial charge in [-0.25, -0.2) is 0 Å². The van der Waals surface area contributed by atoms with Gasteiger partial charge >= 0.3 is 0 Å². The summed E-state index contributed by atoms with van der Waals surface area (Å²) >= 11 is 0. The van der Waals surface area contributed by atoms with Gasteiger partial charge in [0.2, 0.25) is 0 Å². The minimum absolute atomic E-state index is 0.215. The van der Waals surface area contributed by atoms with Gasteiger partial charge in [0.25, 0.3) is 0 Å². The van der Waals surface area contributed by atoms with Gasteiger partial charge in [-0.05, 0) is 53.8 Å². The van der Waals surface area contributed by atoms with E-state index in [4.69, 9.17) is 4.74 Å². The van der Waals surface area contributed by atoms with Crippen LogP contribution < -0.4 is 10.1 Å². The van der Waals surface area contributed by atoms with Crippen molar-refractivity contribution in [1.82, 2.24) is 0 Å². The summed E-state index contributed by atoms with van der Waals surface area (Å²) in [5.74, 6) is 1.73. The number of anilines is 1. The highest BCUT2D eigenvalue weighted by Gasteiger charge is 2.17. The van der Waals surface area contributed by atoms with E-state index in [9.17, 15) is 0 Å². The molecule has 0 radical (unpaired) electrons. The van der Waals surface area contributed by atoms with Crippen molar-refractivity contribution in [2.24, 2.45) is 0 Å². The van der Waals surface area contributed by atoms with E-state index < -0.39 is 0 Å². The zero-order valence-corrected chi connectivity index (χ0v) is 12.7. The molecule has 2 aromatic carbocycles. The summed E-state index contributed by atoms with van der Waals surface area (Å²) in [6.45, 7) is 6.74. The van der Waals surface area contributed by atoms with Crippen molar-refractivity contribution in [1.29, 1.82) is 0 Å². The molecule has 0 unspecified atom stereocenters. The Morgan fingerprint density at radius 3 is 1.85 bits per heavy atom. The molecule has 0 aliphatic heterocycles. The van der Waals surface area contributed by atoms with Gasteiger partial charge < -0.3 is 10.1 Å². The number of benzene rings is 2. The summed E-state index contributed by atoms with van der Waals surface area (Å²) in [5, 5.41) is 3.09. The van der Waals surface area contributed by atoms with E-state index in [0.29, 0.717) is 0 Å². The highest BCUT2D eigenvalue weighted by molar-refractivity contribution is 5.46. The monoisotopic (exact) mass is 269 g/mol. The predicted octanol–water partition coefficient (Wildman–Crippen LogP) is 5.21. The first-order valence-electron chi connectivity index (χ1n) is 7.11. The third kappa shape index (κ3) is 3.32. The lowest BCUT2D eigenvalue weighted by molar-refractivity contribution is 0.478. The fourth-order valence-corrected chi connectivity index (χ4v) is 2.00. The average Bonchev–Trinajstić information content (AvgIpc) is 2.48.